The number of phenols is 1. The van der Waals surface area contributed by atoms with Crippen LogP contribution in [0.3, 0.4) is 0 Å². The first-order valence-corrected chi connectivity index (χ1v) is 21.7. The molecule has 5 aromatic rings. The lowest BCUT2D eigenvalue weighted by Crippen LogP contribution is -2.56. The lowest BCUT2D eigenvalue weighted by atomic mass is 9.65. The van der Waals surface area contributed by atoms with E-state index in [0.29, 0.717) is 28.7 Å². The molecule has 1 spiro atoms. The second-order valence-corrected chi connectivity index (χ2v) is 16.4. The number of benzene rings is 4. The van der Waals surface area contributed by atoms with Gasteiger partial charge in [0.15, 0.2) is 0 Å². The van der Waals surface area contributed by atoms with Crippen LogP contribution in [-0.4, -0.2) is 71.8 Å². The molecular weight excluding hydrogens is 809 g/mol. The smallest absolute Gasteiger partial charge is 0.421 e. The van der Waals surface area contributed by atoms with Gasteiger partial charge in [-0.05, 0) is 96.0 Å². The van der Waals surface area contributed by atoms with Crippen molar-refractivity contribution in [2.45, 2.75) is 61.7 Å². The Labute approximate surface area is 371 Å². The van der Waals surface area contributed by atoms with Crippen LogP contribution in [-0.2, 0) is 40.4 Å². The highest BCUT2D eigenvalue weighted by Crippen LogP contribution is 2.66. The minimum absolute atomic E-state index is 0.0212. The molecule has 2 N–H and O–H groups in total. The molecule has 4 heterocycles. The van der Waals surface area contributed by atoms with Crippen LogP contribution in [0.5, 0.6) is 5.75 Å². The summed E-state index contributed by atoms with van der Waals surface area (Å²) in [7, 11) is 1.48. The SMILES string of the molecule is COCCOC(=O)N1C(=O)[C@@]2(c3cc(C#CC4=CCCCC4)ccc31)[C@H](C(=O)NCCc1ccccn1)[C@H]1C(=O)O[C@H](c3ccccc3)[C@H](c3ccccc3)N1[C@@H]2c1ccc(O)cc1. The number of carbonyl (C=O) groups excluding carboxylic acids is 4. The van der Waals surface area contributed by atoms with Gasteiger partial charge in [0.25, 0.3) is 0 Å². The van der Waals surface area contributed by atoms with Gasteiger partial charge in [0.1, 0.15) is 29.9 Å². The van der Waals surface area contributed by atoms with Crippen LogP contribution >= 0.6 is 0 Å². The number of anilines is 1. The van der Waals surface area contributed by atoms with Crippen LogP contribution < -0.4 is 10.2 Å². The molecule has 0 bridgehead atoms. The molecule has 12 nitrogen and oxygen atoms in total. The first-order valence-electron chi connectivity index (χ1n) is 21.7. The number of methoxy groups -OCH3 is 1. The summed E-state index contributed by atoms with van der Waals surface area (Å²) >= 11 is 0. The molecule has 9 rings (SSSR count). The van der Waals surface area contributed by atoms with Crippen molar-refractivity contribution in [2.75, 3.05) is 31.8 Å². The predicted octanol–water partition coefficient (Wildman–Crippen LogP) is 7.45. The van der Waals surface area contributed by atoms with E-state index in [4.69, 9.17) is 14.2 Å². The number of morpholine rings is 1. The number of cyclic esters (lactones) is 1. The molecule has 12 heteroatoms. The van der Waals surface area contributed by atoms with E-state index in [1.807, 2.05) is 83.8 Å². The lowest BCUT2D eigenvalue weighted by molar-refractivity contribution is -0.178. The van der Waals surface area contributed by atoms with E-state index in [9.17, 15) is 9.90 Å². The van der Waals surface area contributed by atoms with E-state index in [1.54, 1.807) is 36.5 Å². The van der Waals surface area contributed by atoms with Crippen LogP contribution in [0, 0.1) is 17.8 Å². The molecule has 3 amide bonds. The van der Waals surface area contributed by atoms with Crippen molar-refractivity contribution in [3.8, 4) is 17.6 Å². The molecule has 0 radical (unpaired) electrons. The van der Waals surface area contributed by atoms with Crippen molar-refractivity contribution in [3.05, 3.63) is 173 Å². The summed E-state index contributed by atoms with van der Waals surface area (Å²) in [5, 5.41) is 13.8. The highest BCUT2D eigenvalue weighted by molar-refractivity contribution is 6.23. The normalized spacial score (nSPS) is 23.6. The van der Waals surface area contributed by atoms with Crippen molar-refractivity contribution in [2.24, 2.45) is 5.92 Å². The molecule has 6 atom stereocenters. The Bertz CT molecular complexity index is 2630. The molecule has 2 fully saturated rings. The third-order valence-electron chi connectivity index (χ3n) is 12.7. The molecule has 4 aliphatic rings. The van der Waals surface area contributed by atoms with Gasteiger partial charge in [0.2, 0.25) is 11.8 Å². The molecule has 0 saturated carbocycles. The average Bonchev–Trinajstić information content (AvgIpc) is 3.78. The number of ether oxygens (including phenoxy) is 3. The van der Waals surface area contributed by atoms with E-state index in [2.05, 4.69) is 28.2 Å². The Kier molecular flexibility index (Phi) is 12.1. The average molecular weight is 857 g/mol. The Hall–Kier alpha value is -7.07. The molecule has 3 aliphatic heterocycles. The number of nitrogens with one attached hydrogen (secondary N) is 1. The predicted molar refractivity (Wildman–Crippen MR) is 238 cm³/mol. The summed E-state index contributed by atoms with van der Waals surface area (Å²) in [4.78, 5) is 68.7. The molecule has 0 unspecified atom stereocenters. The Balaban J connectivity index is 1.31. The zero-order valence-electron chi connectivity index (χ0n) is 35.4. The van der Waals surface area contributed by atoms with Crippen molar-refractivity contribution in [1.29, 1.82) is 0 Å². The lowest BCUT2D eigenvalue weighted by Gasteiger charge is -2.46. The van der Waals surface area contributed by atoms with Gasteiger partial charge in [-0.1, -0.05) is 96.8 Å². The van der Waals surface area contributed by atoms with E-state index in [0.717, 1.165) is 47.4 Å². The van der Waals surface area contributed by atoms with Gasteiger partial charge in [-0.2, -0.15) is 0 Å². The third kappa shape index (κ3) is 7.71. The minimum Gasteiger partial charge on any atom is -0.508 e. The molecule has 64 heavy (non-hydrogen) atoms. The number of pyridine rings is 1. The van der Waals surface area contributed by atoms with E-state index < -0.39 is 59.4 Å². The van der Waals surface area contributed by atoms with Gasteiger partial charge in [0.05, 0.1) is 30.3 Å². The van der Waals surface area contributed by atoms with Crippen molar-refractivity contribution < 1.29 is 38.5 Å². The zero-order chi connectivity index (χ0) is 44.2. The fourth-order valence-corrected chi connectivity index (χ4v) is 9.97. The van der Waals surface area contributed by atoms with Gasteiger partial charge in [0, 0.05) is 37.5 Å². The summed E-state index contributed by atoms with van der Waals surface area (Å²) in [6.45, 7) is 0.0665. The summed E-state index contributed by atoms with van der Waals surface area (Å²) < 4.78 is 17.4. The van der Waals surface area contributed by atoms with Gasteiger partial charge in [-0.15, -0.1) is 0 Å². The zero-order valence-corrected chi connectivity index (χ0v) is 35.4. The maximum absolute atomic E-state index is 16.2. The second kappa shape index (κ2) is 18.3. The van der Waals surface area contributed by atoms with Crippen LogP contribution in [0.25, 0.3) is 0 Å². The molecular formula is C52H48N4O8. The van der Waals surface area contributed by atoms with Gasteiger partial charge in [-0.25, -0.2) is 9.69 Å². The van der Waals surface area contributed by atoms with Gasteiger partial charge in [-0.3, -0.25) is 24.3 Å². The fraction of sp³-hybridized carbons (Fsp3) is 0.288. The number of aromatic hydroxyl groups is 1. The number of nitrogens with zero attached hydrogens (tertiary/aromatic N) is 3. The van der Waals surface area contributed by atoms with E-state index >= 15 is 14.4 Å². The molecule has 4 aromatic carbocycles. The molecule has 2 saturated heterocycles. The number of carbonyl (C=O) groups is 4. The number of rotatable bonds is 10. The molecule has 324 valence electrons. The number of phenolic OH excluding ortho intramolecular Hbond substituents is 1. The maximum atomic E-state index is 16.2. The number of aromatic nitrogens is 1. The second-order valence-electron chi connectivity index (χ2n) is 16.4. The number of allylic oxidation sites excluding steroid dienone is 2. The Morgan fingerprint density at radius 1 is 0.859 bits per heavy atom. The monoisotopic (exact) mass is 856 g/mol. The summed E-state index contributed by atoms with van der Waals surface area (Å²) in [5.41, 5.74) is 2.87. The van der Waals surface area contributed by atoms with Crippen LogP contribution in [0.15, 0.2) is 139 Å². The Morgan fingerprint density at radius 2 is 1.61 bits per heavy atom. The number of amides is 3. The summed E-state index contributed by atoms with van der Waals surface area (Å²) in [6.07, 6.45) is 6.28. The molecule has 1 aromatic heterocycles. The van der Waals surface area contributed by atoms with Crippen molar-refractivity contribution >= 4 is 29.6 Å². The minimum atomic E-state index is -1.98. The topological polar surface area (TPSA) is 148 Å². The van der Waals surface area contributed by atoms with Crippen molar-refractivity contribution in [3.63, 3.8) is 0 Å². The first-order chi connectivity index (χ1) is 31.3. The third-order valence-corrected chi connectivity index (χ3v) is 12.7. The summed E-state index contributed by atoms with van der Waals surface area (Å²) in [6, 6.07) is 32.9. The van der Waals surface area contributed by atoms with Gasteiger partial charge < -0.3 is 24.6 Å². The van der Waals surface area contributed by atoms with Crippen molar-refractivity contribution in [1.82, 2.24) is 15.2 Å². The molecule has 1 aliphatic carbocycles. The number of fused-ring (bicyclic) bond motifs is 3. The van der Waals surface area contributed by atoms with Gasteiger partial charge >= 0.3 is 12.1 Å². The number of hydrogen-bond acceptors (Lipinski definition) is 10. The number of imide groups is 1. The first kappa shape index (κ1) is 42.2. The van der Waals surface area contributed by atoms with Crippen LogP contribution in [0.2, 0.25) is 0 Å². The summed E-state index contributed by atoms with van der Waals surface area (Å²) in [5.74, 6) is 3.11. The highest BCUT2D eigenvalue weighted by Gasteiger charge is 2.75. The fourth-order valence-electron chi connectivity index (χ4n) is 9.97. The maximum Gasteiger partial charge on any atom is 0.421 e. The Morgan fingerprint density at radius 3 is 2.31 bits per heavy atom. The van der Waals surface area contributed by atoms with E-state index in [-0.39, 0.29) is 31.2 Å². The largest absolute Gasteiger partial charge is 0.508 e. The van der Waals surface area contributed by atoms with E-state index in [1.165, 1.54) is 19.2 Å². The number of hydrogen-bond donors (Lipinski definition) is 2. The number of esters is 1. The van der Waals surface area contributed by atoms with Crippen LogP contribution in [0.4, 0.5) is 10.5 Å². The quantitative estimate of drug-likeness (QED) is 0.0825. The van der Waals surface area contributed by atoms with Crippen LogP contribution in [0.1, 0.15) is 77.4 Å². The standard InChI is InChI=1S/C52H48N4O8/c1-62-31-32-63-51(61)55-42-27-22-35(21-20-34-13-5-2-6-14-34)33-41(42)52(50(55)60)43(48(58)54-30-28-39-19-11-12-29-53-39)45-49(59)64-46(37-17-9-4-10-18-37)44(36-15-7-3-8-16-36)56(45)47(52)38-23-25-40(57)26-24-38/h3-4,7-13,15-19,22-27,29,33,43-47,57H,2,5-6,14,28,30-32H2,1H3,(H,54,58)/t43-,44-,45-,46+,47+,52-/m0/s1. The highest BCUT2D eigenvalue weighted by atomic mass is 16.6.